The number of aliphatic hydroxyl groups is 1. The summed E-state index contributed by atoms with van der Waals surface area (Å²) in [5, 5.41) is 10.5. The first-order valence-corrected chi connectivity index (χ1v) is 12.7. The van der Waals surface area contributed by atoms with E-state index >= 15 is 0 Å². The highest BCUT2D eigenvalue weighted by molar-refractivity contribution is 7.66. The molecule has 2 unspecified atom stereocenters. The molecule has 6 atom stereocenters. The molecular formula is C12H21FN3O12P3. The van der Waals surface area contributed by atoms with E-state index in [1.165, 1.54) is 24.1 Å². The van der Waals surface area contributed by atoms with Crippen molar-refractivity contribution in [2.45, 2.75) is 24.9 Å². The lowest BCUT2D eigenvalue weighted by atomic mass is 9.92. The molecule has 0 bridgehead atoms. The Morgan fingerprint density at radius 1 is 1.29 bits per heavy atom. The van der Waals surface area contributed by atoms with Crippen LogP contribution in [0.25, 0.3) is 0 Å². The number of aliphatic hydroxyl groups excluding tert-OH is 1. The quantitative estimate of drug-likeness (QED) is 0.225. The Bertz CT molecular complexity index is 924. The van der Waals surface area contributed by atoms with E-state index in [1.54, 1.807) is 0 Å². The first-order chi connectivity index (χ1) is 14.0. The standard InChI is InChI=1S/C12H21FN3O12P3/c1-7-10(17)12(5-13,26-11(7)16-4-3-9(14)15-8(16)2)6-25-30(21,22)28-31(23,24)27-29(18,19)20/h3-4,7,10-11,17H,2,5-6H2,1H3,(H2,14,15)(H,21,22)(H,23,24)(H2,18,19,20)/t7-,10-,11+,12+/m0/s1. The number of rotatable bonds is 9. The van der Waals surface area contributed by atoms with Gasteiger partial charge in [0.1, 0.15) is 30.2 Å². The van der Waals surface area contributed by atoms with E-state index in [9.17, 15) is 28.1 Å². The predicted molar refractivity (Wildman–Crippen MR) is 100 cm³/mol. The Hall–Kier alpha value is -0.990. The van der Waals surface area contributed by atoms with Gasteiger partial charge in [-0.25, -0.2) is 23.1 Å². The Morgan fingerprint density at radius 2 is 1.90 bits per heavy atom. The van der Waals surface area contributed by atoms with Crippen LogP contribution in [0.5, 0.6) is 0 Å². The van der Waals surface area contributed by atoms with Crippen LogP contribution >= 0.6 is 23.5 Å². The molecule has 31 heavy (non-hydrogen) atoms. The largest absolute Gasteiger partial charge is 0.490 e. The van der Waals surface area contributed by atoms with Crippen LogP contribution in [0.3, 0.4) is 0 Å². The summed E-state index contributed by atoms with van der Waals surface area (Å²) < 4.78 is 65.0. The lowest BCUT2D eigenvalue weighted by Gasteiger charge is -2.33. The number of alkyl halides is 1. The average molecular weight is 511 g/mol. The average Bonchev–Trinajstić information content (AvgIpc) is 2.82. The van der Waals surface area contributed by atoms with Gasteiger partial charge in [-0.1, -0.05) is 13.5 Å². The summed E-state index contributed by atoms with van der Waals surface area (Å²) >= 11 is 0. The fourth-order valence-electron chi connectivity index (χ4n) is 2.84. The highest BCUT2D eigenvalue weighted by Crippen LogP contribution is 2.66. The molecule has 15 nitrogen and oxygen atoms in total. The number of aliphatic imine (C=N–C) groups is 1. The molecule has 0 amide bonds. The molecule has 2 rings (SSSR count). The highest BCUT2D eigenvalue weighted by Gasteiger charge is 2.56. The van der Waals surface area contributed by atoms with Gasteiger partial charge in [0.05, 0.1) is 12.7 Å². The van der Waals surface area contributed by atoms with Crippen LogP contribution in [-0.4, -0.2) is 66.6 Å². The SMILES string of the molecule is C=C1N=C(N)C=CN1[C@@H]1O[C@](CF)(COP(=O)(O)OP(=O)(O)OP(=O)(O)O)[C@@H](O)[C@@H]1C. The second-order valence-corrected chi connectivity index (χ2v) is 11.0. The topological polar surface area (TPSA) is 231 Å². The summed E-state index contributed by atoms with van der Waals surface area (Å²) in [6.45, 7) is 2.54. The third kappa shape index (κ3) is 6.51. The van der Waals surface area contributed by atoms with Crippen LogP contribution in [-0.2, 0) is 31.6 Å². The Labute approximate surface area is 175 Å². The summed E-state index contributed by atoms with van der Waals surface area (Å²) in [4.78, 5) is 41.0. The Morgan fingerprint density at radius 3 is 2.42 bits per heavy atom. The molecule has 2 aliphatic heterocycles. The van der Waals surface area contributed by atoms with E-state index in [4.69, 9.17) is 25.2 Å². The summed E-state index contributed by atoms with van der Waals surface area (Å²) in [5.74, 6) is -0.584. The zero-order valence-electron chi connectivity index (χ0n) is 15.8. The zero-order valence-corrected chi connectivity index (χ0v) is 18.5. The van der Waals surface area contributed by atoms with Crippen LogP contribution in [0, 0.1) is 5.92 Å². The molecule has 0 spiro atoms. The van der Waals surface area contributed by atoms with Gasteiger partial charge in [0.25, 0.3) is 0 Å². The van der Waals surface area contributed by atoms with Crippen LogP contribution < -0.4 is 5.73 Å². The molecular weight excluding hydrogens is 490 g/mol. The summed E-state index contributed by atoms with van der Waals surface area (Å²) in [6.07, 6.45) is 0.128. The van der Waals surface area contributed by atoms with Crippen molar-refractivity contribution in [3.8, 4) is 0 Å². The van der Waals surface area contributed by atoms with Gasteiger partial charge in [0.2, 0.25) is 0 Å². The molecule has 19 heteroatoms. The molecule has 0 aromatic carbocycles. The first-order valence-electron chi connectivity index (χ1n) is 8.21. The number of ether oxygens (including phenoxy) is 1. The molecule has 2 heterocycles. The fourth-order valence-corrected chi connectivity index (χ4v) is 5.92. The van der Waals surface area contributed by atoms with Crippen LogP contribution in [0.1, 0.15) is 6.92 Å². The molecule has 2 aliphatic rings. The van der Waals surface area contributed by atoms with Crippen molar-refractivity contribution >= 4 is 29.3 Å². The lowest BCUT2D eigenvalue weighted by Crippen LogP contribution is -2.47. The zero-order chi connectivity index (χ0) is 23.8. The van der Waals surface area contributed by atoms with E-state index < -0.39 is 60.6 Å². The minimum Gasteiger partial charge on any atom is -0.389 e. The minimum atomic E-state index is -5.76. The molecule has 7 N–H and O–H groups in total. The second-order valence-electron chi connectivity index (χ2n) is 6.55. The van der Waals surface area contributed by atoms with Gasteiger partial charge in [-0.3, -0.25) is 4.52 Å². The summed E-state index contributed by atoms with van der Waals surface area (Å²) in [5.41, 5.74) is 3.32. The van der Waals surface area contributed by atoms with Crippen molar-refractivity contribution in [1.82, 2.24) is 4.90 Å². The minimum absolute atomic E-state index is 0.103. The molecule has 1 saturated heterocycles. The fraction of sp³-hybridized carbons (Fsp3) is 0.583. The third-order valence-corrected chi connectivity index (χ3v) is 7.98. The maximum Gasteiger partial charge on any atom is 0.490 e. The number of nitrogens with two attached hydrogens (primary N) is 1. The third-order valence-electron chi connectivity index (χ3n) is 4.19. The monoisotopic (exact) mass is 511 g/mol. The Kier molecular flexibility index (Phi) is 7.71. The number of nitrogens with zero attached hydrogens (tertiary/aromatic N) is 2. The number of amidine groups is 1. The van der Waals surface area contributed by atoms with Crippen LogP contribution in [0.4, 0.5) is 4.39 Å². The van der Waals surface area contributed by atoms with Gasteiger partial charge in [0.15, 0.2) is 0 Å². The van der Waals surface area contributed by atoms with E-state index in [2.05, 4.69) is 24.7 Å². The van der Waals surface area contributed by atoms with Crippen LogP contribution in [0.2, 0.25) is 0 Å². The van der Waals surface area contributed by atoms with Gasteiger partial charge in [-0.2, -0.15) is 8.62 Å². The van der Waals surface area contributed by atoms with E-state index in [1.807, 2.05) is 0 Å². The van der Waals surface area contributed by atoms with E-state index in [0.717, 1.165) is 0 Å². The summed E-state index contributed by atoms with van der Waals surface area (Å²) in [7, 11) is -16.9. The van der Waals surface area contributed by atoms with Gasteiger partial charge < -0.3 is 40.1 Å². The molecule has 0 aliphatic carbocycles. The second kappa shape index (κ2) is 9.10. The predicted octanol–water partition coefficient (Wildman–Crippen LogP) is 0.0490. The molecule has 0 aromatic heterocycles. The van der Waals surface area contributed by atoms with Gasteiger partial charge in [-0.05, 0) is 6.08 Å². The molecule has 0 aromatic rings. The highest BCUT2D eigenvalue weighted by atomic mass is 31.3. The number of hydrogen-bond acceptors (Lipinski definition) is 11. The maximum atomic E-state index is 13.9. The first kappa shape index (κ1) is 26.3. The van der Waals surface area contributed by atoms with E-state index in [0.29, 0.717) is 0 Å². The number of phosphoric ester groups is 1. The van der Waals surface area contributed by atoms with Crippen molar-refractivity contribution in [3.05, 3.63) is 24.7 Å². The number of halogens is 1. The van der Waals surface area contributed by atoms with E-state index in [-0.39, 0.29) is 11.7 Å². The smallest absolute Gasteiger partial charge is 0.389 e. The van der Waals surface area contributed by atoms with Gasteiger partial charge in [-0.15, -0.1) is 0 Å². The van der Waals surface area contributed by atoms with Crippen molar-refractivity contribution < 1.29 is 60.6 Å². The van der Waals surface area contributed by atoms with Gasteiger partial charge in [0, 0.05) is 12.1 Å². The lowest BCUT2D eigenvalue weighted by molar-refractivity contribution is -0.140. The number of phosphoric acid groups is 3. The normalized spacial score (nSPS) is 33.1. The Balaban J connectivity index is 2.14. The van der Waals surface area contributed by atoms with Crippen molar-refractivity contribution in [3.63, 3.8) is 0 Å². The molecule has 1 fully saturated rings. The molecule has 0 saturated carbocycles. The molecule has 0 radical (unpaired) electrons. The summed E-state index contributed by atoms with van der Waals surface area (Å²) in [6, 6.07) is 0. The van der Waals surface area contributed by atoms with Crippen LogP contribution in [0.15, 0.2) is 29.7 Å². The molecule has 178 valence electrons. The maximum absolute atomic E-state index is 13.9. The van der Waals surface area contributed by atoms with Crippen molar-refractivity contribution in [2.24, 2.45) is 16.6 Å². The van der Waals surface area contributed by atoms with Crippen molar-refractivity contribution in [1.29, 1.82) is 0 Å². The van der Waals surface area contributed by atoms with Crippen molar-refractivity contribution in [2.75, 3.05) is 13.3 Å². The number of hydrogen-bond donors (Lipinski definition) is 6. The van der Waals surface area contributed by atoms with Gasteiger partial charge >= 0.3 is 23.5 Å².